The number of aliphatic carboxylic acids is 1. The van der Waals surface area contributed by atoms with Crippen molar-refractivity contribution in [3.8, 4) is 0 Å². The predicted molar refractivity (Wildman–Crippen MR) is 70.0 cm³/mol. The number of carboxylic acids is 1. The Bertz CT molecular complexity index is 463. The van der Waals surface area contributed by atoms with Crippen LogP contribution in [0.1, 0.15) is 18.9 Å². The average molecular weight is 290 g/mol. The van der Waals surface area contributed by atoms with Gasteiger partial charge in [0.2, 0.25) is 5.91 Å². The molecule has 0 unspecified atom stereocenters. The van der Waals surface area contributed by atoms with Gasteiger partial charge in [-0.1, -0.05) is 29.3 Å². The standard InChI is InChI=1S/C12H13Cl2NO3/c1-7(12(17)18)15-11(16)5-3-8-2-4-9(13)10(14)6-8/h2,4,6-7H,3,5H2,1H3,(H,15,16)(H,17,18)/t7-/m1/s1. The third-order valence-electron chi connectivity index (χ3n) is 2.37. The van der Waals surface area contributed by atoms with E-state index in [0.717, 1.165) is 5.56 Å². The van der Waals surface area contributed by atoms with Gasteiger partial charge in [0.15, 0.2) is 0 Å². The first kappa shape index (κ1) is 14.8. The molecule has 0 saturated heterocycles. The van der Waals surface area contributed by atoms with Crippen molar-refractivity contribution < 1.29 is 14.7 Å². The van der Waals surface area contributed by atoms with Crippen molar-refractivity contribution in [1.82, 2.24) is 5.32 Å². The van der Waals surface area contributed by atoms with Crippen molar-refractivity contribution in [2.24, 2.45) is 0 Å². The number of carbonyl (C=O) groups is 2. The van der Waals surface area contributed by atoms with Gasteiger partial charge in [0.05, 0.1) is 10.0 Å². The number of carboxylic acid groups (broad SMARTS) is 1. The number of aryl methyl sites for hydroxylation is 1. The van der Waals surface area contributed by atoms with Gasteiger partial charge in [-0.2, -0.15) is 0 Å². The first-order valence-electron chi connectivity index (χ1n) is 5.36. The Morgan fingerprint density at radius 2 is 2.00 bits per heavy atom. The molecule has 0 aliphatic rings. The van der Waals surface area contributed by atoms with E-state index in [-0.39, 0.29) is 12.3 Å². The number of hydrogen-bond acceptors (Lipinski definition) is 2. The molecule has 0 radical (unpaired) electrons. The van der Waals surface area contributed by atoms with E-state index in [1.54, 1.807) is 18.2 Å². The third kappa shape index (κ3) is 4.55. The molecule has 1 aromatic carbocycles. The van der Waals surface area contributed by atoms with Crippen molar-refractivity contribution in [3.63, 3.8) is 0 Å². The number of rotatable bonds is 5. The summed E-state index contributed by atoms with van der Waals surface area (Å²) in [6.07, 6.45) is 0.685. The van der Waals surface area contributed by atoms with Crippen LogP contribution in [0.4, 0.5) is 0 Å². The van der Waals surface area contributed by atoms with E-state index >= 15 is 0 Å². The Morgan fingerprint density at radius 1 is 1.33 bits per heavy atom. The van der Waals surface area contributed by atoms with Gasteiger partial charge in [-0.05, 0) is 31.0 Å². The monoisotopic (exact) mass is 289 g/mol. The van der Waals surface area contributed by atoms with Crippen molar-refractivity contribution in [2.45, 2.75) is 25.8 Å². The molecule has 0 fully saturated rings. The molecule has 1 atom stereocenters. The zero-order valence-corrected chi connectivity index (χ0v) is 11.3. The molecule has 18 heavy (non-hydrogen) atoms. The summed E-state index contributed by atoms with van der Waals surface area (Å²) >= 11 is 11.6. The van der Waals surface area contributed by atoms with E-state index in [9.17, 15) is 9.59 Å². The first-order valence-corrected chi connectivity index (χ1v) is 6.12. The van der Waals surface area contributed by atoms with Crippen LogP contribution in [0.5, 0.6) is 0 Å². The fraction of sp³-hybridized carbons (Fsp3) is 0.333. The van der Waals surface area contributed by atoms with Crippen LogP contribution in [0.3, 0.4) is 0 Å². The van der Waals surface area contributed by atoms with E-state index in [2.05, 4.69) is 5.32 Å². The summed E-state index contributed by atoms with van der Waals surface area (Å²) in [4.78, 5) is 22.0. The molecule has 1 amide bonds. The van der Waals surface area contributed by atoms with Crippen molar-refractivity contribution in [2.75, 3.05) is 0 Å². The lowest BCUT2D eigenvalue weighted by Gasteiger charge is -2.09. The lowest BCUT2D eigenvalue weighted by atomic mass is 10.1. The highest BCUT2D eigenvalue weighted by molar-refractivity contribution is 6.42. The summed E-state index contributed by atoms with van der Waals surface area (Å²) in [6.45, 7) is 1.42. The van der Waals surface area contributed by atoms with Gasteiger partial charge in [-0.15, -0.1) is 0 Å². The molecule has 0 aromatic heterocycles. The minimum atomic E-state index is -1.06. The summed E-state index contributed by atoms with van der Waals surface area (Å²) in [6, 6.07) is 4.25. The number of halogens is 2. The molecule has 0 spiro atoms. The Kier molecular flexibility index (Phi) is 5.44. The Morgan fingerprint density at radius 3 is 2.56 bits per heavy atom. The molecule has 0 heterocycles. The third-order valence-corrected chi connectivity index (χ3v) is 3.11. The zero-order valence-electron chi connectivity index (χ0n) is 9.74. The van der Waals surface area contributed by atoms with Crippen LogP contribution in [0.25, 0.3) is 0 Å². The topological polar surface area (TPSA) is 66.4 Å². The predicted octanol–water partition coefficient (Wildman–Crippen LogP) is 2.52. The number of benzene rings is 1. The molecule has 0 saturated carbocycles. The summed E-state index contributed by atoms with van der Waals surface area (Å²) in [5.41, 5.74) is 0.877. The van der Waals surface area contributed by atoms with E-state index < -0.39 is 12.0 Å². The normalized spacial score (nSPS) is 11.9. The zero-order chi connectivity index (χ0) is 13.7. The quantitative estimate of drug-likeness (QED) is 0.875. The molecule has 4 nitrogen and oxygen atoms in total. The van der Waals surface area contributed by atoms with Gasteiger partial charge >= 0.3 is 5.97 Å². The van der Waals surface area contributed by atoms with Gasteiger partial charge in [0, 0.05) is 6.42 Å². The first-order chi connectivity index (χ1) is 8.40. The van der Waals surface area contributed by atoms with Crippen LogP contribution < -0.4 is 5.32 Å². The van der Waals surface area contributed by atoms with Crippen LogP contribution >= 0.6 is 23.2 Å². The lowest BCUT2D eigenvalue weighted by molar-refractivity contribution is -0.141. The van der Waals surface area contributed by atoms with Gasteiger partial charge in [0.25, 0.3) is 0 Å². The molecular formula is C12H13Cl2NO3. The average Bonchev–Trinajstić information content (AvgIpc) is 2.30. The fourth-order valence-electron chi connectivity index (χ4n) is 1.33. The molecule has 2 N–H and O–H groups in total. The van der Waals surface area contributed by atoms with Crippen LogP contribution in [0.2, 0.25) is 10.0 Å². The van der Waals surface area contributed by atoms with Crippen molar-refractivity contribution >= 4 is 35.1 Å². The number of amides is 1. The van der Waals surface area contributed by atoms with Crippen LogP contribution in [0, 0.1) is 0 Å². The molecule has 0 bridgehead atoms. The largest absolute Gasteiger partial charge is 0.480 e. The van der Waals surface area contributed by atoms with Gasteiger partial charge < -0.3 is 10.4 Å². The second kappa shape index (κ2) is 6.61. The second-order valence-electron chi connectivity index (χ2n) is 3.88. The van der Waals surface area contributed by atoms with E-state index in [4.69, 9.17) is 28.3 Å². The van der Waals surface area contributed by atoms with Crippen LogP contribution in [-0.2, 0) is 16.0 Å². The Balaban J connectivity index is 2.47. The summed E-state index contributed by atoms with van der Waals surface area (Å²) in [5, 5.41) is 11.9. The minimum absolute atomic E-state index is 0.204. The van der Waals surface area contributed by atoms with E-state index in [1.807, 2.05) is 0 Å². The smallest absolute Gasteiger partial charge is 0.325 e. The van der Waals surface area contributed by atoms with Gasteiger partial charge in [-0.25, -0.2) is 0 Å². The highest BCUT2D eigenvalue weighted by Gasteiger charge is 2.13. The summed E-state index contributed by atoms with van der Waals surface area (Å²) in [7, 11) is 0. The molecule has 1 rings (SSSR count). The van der Waals surface area contributed by atoms with Gasteiger partial charge in [0.1, 0.15) is 6.04 Å². The molecule has 6 heteroatoms. The van der Waals surface area contributed by atoms with Crippen molar-refractivity contribution in [1.29, 1.82) is 0 Å². The minimum Gasteiger partial charge on any atom is -0.480 e. The van der Waals surface area contributed by atoms with E-state index in [1.165, 1.54) is 6.92 Å². The SMILES string of the molecule is C[C@@H](NC(=O)CCc1ccc(Cl)c(Cl)c1)C(=O)O. The molecular weight excluding hydrogens is 277 g/mol. The maximum absolute atomic E-state index is 11.4. The highest BCUT2D eigenvalue weighted by Crippen LogP contribution is 2.23. The van der Waals surface area contributed by atoms with Crippen molar-refractivity contribution in [3.05, 3.63) is 33.8 Å². The number of nitrogens with one attached hydrogen (secondary N) is 1. The summed E-state index contributed by atoms with van der Waals surface area (Å²) < 4.78 is 0. The number of hydrogen-bond donors (Lipinski definition) is 2. The second-order valence-corrected chi connectivity index (χ2v) is 4.69. The molecule has 1 aromatic rings. The maximum atomic E-state index is 11.4. The lowest BCUT2D eigenvalue weighted by Crippen LogP contribution is -2.38. The Labute approximate surface area is 115 Å². The molecule has 98 valence electrons. The number of carbonyl (C=O) groups excluding carboxylic acids is 1. The van der Waals surface area contributed by atoms with Gasteiger partial charge in [-0.3, -0.25) is 9.59 Å². The van der Waals surface area contributed by atoms with Crippen LogP contribution in [-0.4, -0.2) is 23.0 Å². The Hall–Kier alpha value is -1.26. The van der Waals surface area contributed by atoms with E-state index in [0.29, 0.717) is 16.5 Å². The van der Waals surface area contributed by atoms with Crippen LogP contribution in [0.15, 0.2) is 18.2 Å². The summed E-state index contributed by atoms with van der Waals surface area (Å²) in [5.74, 6) is -1.37. The fourth-order valence-corrected chi connectivity index (χ4v) is 1.65. The highest BCUT2D eigenvalue weighted by atomic mass is 35.5. The molecule has 0 aliphatic heterocycles. The maximum Gasteiger partial charge on any atom is 0.325 e. The molecule has 0 aliphatic carbocycles.